The Hall–Kier alpha value is -3.30. The number of aromatic hydroxyl groups is 1. The summed E-state index contributed by atoms with van der Waals surface area (Å²) in [6.07, 6.45) is 1.53. The topological polar surface area (TPSA) is 112 Å². The molecule has 0 radical (unpaired) electrons. The van der Waals surface area contributed by atoms with Crippen molar-refractivity contribution in [2.75, 3.05) is 29.9 Å². The van der Waals surface area contributed by atoms with Gasteiger partial charge in [-0.25, -0.2) is 13.4 Å². The van der Waals surface area contributed by atoms with Crippen molar-refractivity contribution in [1.82, 2.24) is 4.98 Å². The summed E-state index contributed by atoms with van der Waals surface area (Å²) >= 11 is 0. The molecule has 0 aliphatic carbocycles. The van der Waals surface area contributed by atoms with Gasteiger partial charge in [0.2, 0.25) is 0 Å². The van der Waals surface area contributed by atoms with E-state index in [9.17, 15) is 18.6 Å². The smallest absolute Gasteiger partial charge is 0.264 e. The van der Waals surface area contributed by atoms with Crippen LogP contribution in [0.2, 0.25) is 0 Å². The lowest BCUT2D eigenvalue weighted by atomic mass is 10.3. The van der Waals surface area contributed by atoms with E-state index in [4.69, 9.17) is 4.74 Å². The lowest BCUT2D eigenvalue weighted by molar-refractivity contribution is 0.306. The third-order valence-electron chi connectivity index (χ3n) is 4.14. The minimum Gasteiger partial charge on any atom is -0.508 e. The van der Waals surface area contributed by atoms with E-state index in [0.29, 0.717) is 17.3 Å². The molecule has 152 valence electrons. The van der Waals surface area contributed by atoms with Crippen LogP contribution in [0.15, 0.2) is 71.8 Å². The van der Waals surface area contributed by atoms with Gasteiger partial charge in [-0.1, -0.05) is 0 Å². The number of phenolic OH excluding ortho intramolecular Hbond substituents is 1. The van der Waals surface area contributed by atoms with E-state index in [2.05, 4.69) is 10.3 Å². The number of sulfonamides is 1. The molecule has 0 spiro atoms. The molecule has 0 amide bonds. The van der Waals surface area contributed by atoms with Crippen LogP contribution in [0.3, 0.4) is 0 Å². The van der Waals surface area contributed by atoms with Gasteiger partial charge in [-0.2, -0.15) is 0 Å². The first-order valence-corrected chi connectivity index (χ1v) is 10.2. The van der Waals surface area contributed by atoms with Crippen LogP contribution in [-0.4, -0.2) is 43.9 Å². The van der Waals surface area contributed by atoms with Crippen LogP contribution >= 0.6 is 0 Å². The highest BCUT2D eigenvalue weighted by Gasteiger charge is 2.27. The van der Waals surface area contributed by atoms with Crippen molar-refractivity contribution in [1.29, 1.82) is 0 Å². The van der Waals surface area contributed by atoms with Crippen molar-refractivity contribution in [2.24, 2.45) is 0 Å². The average Bonchev–Trinajstić information content (AvgIpc) is 2.74. The molecule has 0 saturated carbocycles. The van der Waals surface area contributed by atoms with Crippen molar-refractivity contribution in [3.8, 4) is 11.5 Å². The lowest BCUT2D eigenvalue weighted by Crippen LogP contribution is -2.34. The molecule has 0 fully saturated rings. The standard InChI is InChI=1S/C20H21N3O5S/c1-28-17-8-10-18(11-9-17)29(26,27)23(13-14-24)19-3-2-12-21-20(19)22-15-4-6-16(25)7-5-15/h2-12,24-25H,13-14H2,1H3,(H,21,22). The molecule has 3 rings (SSSR count). The van der Waals surface area contributed by atoms with Crippen LogP contribution in [-0.2, 0) is 10.0 Å². The van der Waals surface area contributed by atoms with Gasteiger partial charge in [-0.15, -0.1) is 0 Å². The van der Waals surface area contributed by atoms with Crippen LogP contribution in [0.1, 0.15) is 0 Å². The quantitative estimate of drug-likeness (QED) is 0.485. The van der Waals surface area contributed by atoms with Gasteiger partial charge in [0.15, 0.2) is 5.82 Å². The molecular formula is C20H21N3O5S. The van der Waals surface area contributed by atoms with Gasteiger partial charge in [-0.05, 0) is 60.7 Å². The Balaban J connectivity index is 2.01. The SMILES string of the molecule is COc1ccc(S(=O)(=O)N(CCO)c2cccnc2Nc2ccc(O)cc2)cc1. The molecule has 3 N–H and O–H groups in total. The van der Waals surface area contributed by atoms with Gasteiger partial charge in [0, 0.05) is 11.9 Å². The highest BCUT2D eigenvalue weighted by molar-refractivity contribution is 7.92. The number of nitrogens with zero attached hydrogens (tertiary/aromatic N) is 2. The molecular weight excluding hydrogens is 394 g/mol. The number of hydrogen-bond acceptors (Lipinski definition) is 7. The normalized spacial score (nSPS) is 11.1. The second kappa shape index (κ2) is 8.80. The summed E-state index contributed by atoms with van der Waals surface area (Å²) in [6, 6.07) is 15.5. The summed E-state index contributed by atoms with van der Waals surface area (Å²) < 4.78 is 32.7. The van der Waals surface area contributed by atoms with Crippen LogP contribution in [0.4, 0.5) is 17.2 Å². The Labute approximate surface area is 169 Å². The monoisotopic (exact) mass is 415 g/mol. The number of pyridine rings is 1. The number of benzene rings is 2. The maximum absolute atomic E-state index is 13.3. The lowest BCUT2D eigenvalue weighted by Gasteiger charge is -2.25. The van der Waals surface area contributed by atoms with Gasteiger partial charge in [0.25, 0.3) is 10.0 Å². The van der Waals surface area contributed by atoms with Gasteiger partial charge >= 0.3 is 0 Å². The molecule has 8 nitrogen and oxygen atoms in total. The van der Waals surface area contributed by atoms with Gasteiger partial charge < -0.3 is 20.3 Å². The maximum Gasteiger partial charge on any atom is 0.264 e. The molecule has 29 heavy (non-hydrogen) atoms. The van der Waals surface area contributed by atoms with Gasteiger partial charge in [0.1, 0.15) is 11.5 Å². The van der Waals surface area contributed by atoms with E-state index >= 15 is 0 Å². The van der Waals surface area contributed by atoms with Crippen molar-refractivity contribution in [3.63, 3.8) is 0 Å². The molecule has 0 atom stereocenters. The maximum atomic E-state index is 13.3. The number of anilines is 3. The molecule has 0 unspecified atom stereocenters. The molecule has 0 aliphatic heterocycles. The van der Waals surface area contributed by atoms with E-state index in [1.54, 1.807) is 36.4 Å². The number of ether oxygens (including phenoxy) is 1. The molecule has 1 aromatic heterocycles. The van der Waals surface area contributed by atoms with Crippen molar-refractivity contribution in [3.05, 3.63) is 66.9 Å². The third-order valence-corrected chi connectivity index (χ3v) is 5.96. The Bertz CT molecular complexity index is 1050. The van der Waals surface area contributed by atoms with Crippen molar-refractivity contribution < 1.29 is 23.4 Å². The molecule has 0 aliphatic rings. The molecule has 9 heteroatoms. The number of hydrogen-bond donors (Lipinski definition) is 3. The van der Waals surface area contributed by atoms with Crippen LogP contribution in [0.25, 0.3) is 0 Å². The van der Waals surface area contributed by atoms with E-state index in [1.807, 2.05) is 0 Å². The molecule has 2 aromatic carbocycles. The number of aliphatic hydroxyl groups is 1. The summed E-state index contributed by atoms with van der Waals surface area (Å²) in [5.74, 6) is 0.943. The zero-order valence-electron chi connectivity index (χ0n) is 15.7. The molecule has 3 aromatic rings. The first kappa shape index (κ1) is 20.4. The van der Waals surface area contributed by atoms with E-state index < -0.39 is 10.0 Å². The zero-order valence-corrected chi connectivity index (χ0v) is 16.5. The fraction of sp³-hybridized carbons (Fsp3) is 0.150. The fourth-order valence-electron chi connectivity index (χ4n) is 2.71. The number of aliphatic hydroxyl groups excluding tert-OH is 1. The third kappa shape index (κ3) is 4.58. The molecule has 0 saturated heterocycles. The van der Waals surface area contributed by atoms with E-state index in [1.165, 1.54) is 37.6 Å². The Morgan fingerprint density at radius 3 is 2.38 bits per heavy atom. The first-order chi connectivity index (χ1) is 14.0. The van der Waals surface area contributed by atoms with E-state index in [-0.39, 0.29) is 29.5 Å². The minimum absolute atomic E-state index is 0.0613. The molecule has 0 bridgehead atoms. The van der Waals surface area contributed by atoms with E-state index in [0.717, 1.165) is 4.31 Å². The number of nitrogens with one attached hydrogen (secondary N) is 1. The van der Waals surface area contributed by atoms with Gasteiger partial charge in [-0.3, -0.25) is 4.31 Å². The highest BCUT2D eigenvalue weighted by Crippen LogP contribution is 2.31. The number of phenols is 1. The average molecular weight is 415 g/mol. The summed E-state index contributed by atoms with van der Waals surface area (Å²) in [5.41, 5.74) is 0.902. The Morgan fingerprint density at radius 2 is 1.76 bits per heavy atom. The summed E-state index contributed by atoms with van der Waals surface area (Å²) in [4.78, 5) is 4.31. The predicted molar refractivity (Wildman–Crippen MR) is 110 cm³/mol. The summed E-state index contributed by atoms with van der Waals surface area (Å²) in [7, 11) is -2.47. The van der Waals surface area contributed by atoms with Crippen molar-refractivity contribution >= 4 is 27.2 Å². The zero-order chi connectivity index (χ0) is 20.9. The van der Waals surface area contributed by atoms with Crippen LogP contribution in [0, 0.1) is 0 Å². The largest absolute Gasteiger partial charge is 0.508 e. The number of rotatable bonds is 8. The number of methoxy groups -OCH3 is 1. The number of aromatic nitrogens is 1. The second-order valence-electron chi connectivity index (χ2n) is 6.02. The first-order valence-electron chi connectivity index (χ1n) is 8.74. The summed E-state index contributed by atoms with van der Waals surface area (Å²) in [5, 5.41) is 22.0. The van der Waals surface area contributed by atoms with Crippen molar-refractivity contribution in [2.45, 2.75) is 4.90 Å². The van der Waals surface area contributed by atoms with Gasteiger partial charge in [0.05, 0.1) is 30.8 Å². The Kier molecular flexibility index (Phi) is 6.20. The fourth-order valence-corrected chi connectivity index (χ4v) is 4.17. The van der Waals surface area contributed by atoms with Crippen LogP contribution < -0.4 is 14.4 Å². The minimum atomic E-state index is -3.96. The molecule has 1 heterocycles. The summed E-state index contributed by atoms with van der Waals surface area (Å²) in [6.45, 7) is -0.521. The second-order valence-corrected chi connectivity index (χ2v) is 7.88. The van der Waals surface area contributed by atoms with Crippen LogP contribution in [0.5, 0.6) is 11.5 Å². The predicted octanol–water partition coefficient (Wildman–Crippen LogP) is 2.73. The highest BCUT2D eigenvalue weighted by atomic mass is 32.2. The Morgan fingerprint density at radius 1 is 1.07 bits per heavy atom.